The van der Waals surface area contributed by atoms with Gasteiger partial charge in [0.15, 0.2) is 0 Å². The van der Waals surface area contributed by atoms with Gasteiger partial charge in [0, 0.05) is 5.71 Å². The maximum absolute atomic E-state index is 7.74. The number of hydrogen-bond acceptors (Lipinski definition) is 1. The molecule has 1 heteroatoms. The molecule has 0 saturated carbocycles. The van der Waals surface area contributed by atoms with Gasteiger partial charge in [0.1, 0.15) is 0 Å². The lowest BCUT2D eigenvalue weighted by Crippen LogP contribution is -2.08. The van der Waals surface area contributed by atoms with E-state index in [-0.39, 0.29) is 0 Å². The number of allylic oxidation sites excluding steroid dienone is 2. The molecule has 0 amide bonds. The topological polar surface area (TPSA) is 23.9 Å². The van der Waals surface area contributed by atoms with Crippen molar-refractivity contribution in [3.63, 3.8) is 0 Å². The van der Waals surface area contributed by atoms with Crippen molar-refractivity contribution in [3.8, 4) is 0 Å². The van der Waals surface area contributed by atoms with Crippen LogP contribution in [-0.4, -0.2) is 5.71 Å². The summed E-state index contributed by atoms with van der Waals surface area (Å²) in [6.45, 7) is 8.37. The minimum Gasteiger partial charge on any atom is -0.305 e. The van der Waals surface area contributed by atoms with E-state index in [4.69, 9.17) is 5.41 Å². The molecule has 0 aromatic rings. The Hall–Kier alpha value is -0.590. The zero-order valence-electron chi connectivity index (χ0n) is 8.07. The van der Waals surface area contributed by atoms with Crippen LogP contribution in [-0.2, 0) is 0 Å². The molecule has 0 bridgehead atoms. The van der Waals surface area contributed by atoms with E-state index in [0.29, 0.717) is 5.92 Å². The first kappa shape index (κ1) is 10.4. The summed E-state index contributed by atoms with van der Waals surface area (Å²) < 4.78 is 0. The Morgan fingerprint density at radius 1 is 1.36 bits per heavy atom. The van der Waals surface area contributed by atoms with Crippen molar-refractivity contribution in [2.75, 3.05) is 0 Å². The predicted molar refractivity (Wildman–Crippen MR) is 51.2 cm³/mol. The first-order chi connectivity index (χ1) is 5.13. The normalized spacial score (nSPS) is 12.3. The fourth-order valence-corrected chi connectivity index (χ4v) is 1.06. The zero-order chi connectivity index (χ0) is 8.85. The third-order valence-electron chi connectivity index (χ3n) is 1.75. The van der Waals surface area contributed by atoms with Crippen LogP contribution in [0, 0.1) is 11.3 Å². The summed E-state index contributed by atoms with van der Waals surface area (Å²) in [6, 6.07) is 0. The minimum atomic E-state index is 0.368. The van der Waals surface area contributed by atoms with Gasteiger partial charge < -0.3 is 5.41 Å². The number of rotatable bonds is 4. The van der Waals surface area contributed by atoms with Crippen LogP contribution < -0.4 is 0 Å². The Balaban J connectivity index is 4.26. The summed E-state index contributed by atoms with van der Waals surface area (Å²) in [4.78, 5) is 0. The maximum atomic E-state index is 7.74. The van der Waals surface area contributed by atoms with Gasteiger partial charge in [0.25, 0.3) is 0 Å². The van der Waals surface area contributed by atoms with E-state index in [1.54, 1.807) is 0 Å². The van der Waals surface area contributed by atoms with E-state index in [1.165, 1.54) is 5.57 Å². The van der Waals surface area contributed by atoms with Crippen LogP contribution in [0.2, 0.25) is 0 Å². The van der Waals surface area contributed by atoms with Crippen LogP contribution in [0.4, 0.5) is 0 Å². The minimum absolute atomic E-state index is 0.368. The van der Waals surface area contributed by atoms with Gasteiger partial charge in [-0.1, -0.05) is 33.8 Å². The Labute approximate surface area is 70.0 Å². The van der Waals surface area contributed by atoms with Crippen LogP contribution in [0.3, 0.4) is 0 Å². The van der Waals surface area contributed by atoms with Gasteiger partial charge in [-0.2, -0.15) is 0 Å². The van der Waals surface area contributed by atoms with Crippen LogP contribution in [0.25, 0.3) is 0 Å². The highest BCUT2D eigenvalue weighted by molar-refractivity contribution is 5.98. The Morgan fingerprint density at radius 3 is 2.18 bits per heavy atom. The zero-order valence-corrected chi connectivity index (χ0v) is 8.07. The highest BCUT2D eigenvalue weighted by Crippen LogP contribution is 2.10. The SMILES string of the molecule is CC/C=C(/CC)C(=N)C(C)C. The molecule has 1 nitrogen and oxygen atoms in total. The first-order valence-corrected chi connectivity index (χ1v) is 4.41. The van der Waals surface area contributed by atoms with Crippen LogP contribution in [0.15, 0.2) is 11.6 Å². The van der Waals surface area contributed by atoms with Crippen molar-refractivity contribution in [3.05, 3.63) is 11.6 Å². The fourth-order valence-electron chi connectivity index (χ4n) is 1.06. The van der Waals surface area contributed by atoms with E-state index in [0.717, 1.165) is 18.6 Å². The molecule has 0 aliphatic heterocycles. The van der Waals surface area contributed by atoms with Gasteiger partial charge in [-0.05, 0) is 24.3 Å². The second kappa shape index (κ2) is 5.11. The van der Waals surface area contributed by atoms with Crippen molar-refractivity contribution < 1.29 is 0 Å². The molecule has 0 atom stereocenters. The van der Waals surface area contributed by atoms with E-state index in [9.17, 15) is 0 Å². The molecular formula is C10H19N. The smallest absolute Gasteiger partial charge is 0.0367 e. The first-order valence-electron chi connectivity index (χ1n) is 4.41. The van der Waals surface area contributed by atoms with Crippen molar-refractivity contribution in [2.24, 2.45) is 5.92 Å². The Morgan fingerprint density at radius 2 is 1.91 bits per heavy atom. The third kappa shape index (κ3) is 3.35. The van der Waals surface area contributed by atoms with E-state index in [1.807, 2.05) is 0 Å². The molecule has 1 N–H and O–H groups in total. The lowest BCUT2D eigenvalue weighted by Gasteiger charge is -2.09. The molecule has 0 aliphatic rings. The van der Waals surface area contributed by atoms with Crippen LogP contribution in [0.5, 0.6) is 0 Å². The van der Waals surface area contributed by atoms with Crippen LogP contribution in [0.1, 0.15) is 40.5 Å². The molecule has 0 heterocycles. The maximum Gasteiger partial charge on any atom is 0.0367 e. The molecule has 0 aromatic carbocycles. The molecule has 0 rings (SSSR count). The van der Waals surface area contributed by atoms with E-state index in [2.05, 4.69) is 33.8 Å². The summed E-state index contributed by atoms with van der Waals surface area (Å²) in [7, 11) is 0. The molecule has 11 heavy (non-hydrogen) atoms. The van der Waals surface area contributed by atoms with E-state index < -0.39 is 0 Å². The van der Waals surface area contributed by atoms with Gasteiger partial charge in [0.05, 0.1) is 0 Å². The summed E-state index contributed by atoms with van der Waals surface area (Å²) in [5.41, 5.74) is 2.01. The van der Waals surface area contributed by atoms with Gasteiger partial charge in [-0.3, -0.25) is 0 Å². The molecule has 0 spiro atoms. The predicted octanol–water partition coefficient (Wildman–Crippen LogP) is 3.41. The molecule has 0 saturated heterocycles. The fraction of sp³-hybridized carbons (Fsp3) is 0.700. The average Bonchev–Trinajstić information content (AvgIpc) is 1.98. The van der Waals surface area contributed by atoms with Gasteiger partial charge in [-0.25, -0.2) is 0 Å². The molecule has 0 aliphatic carbocycles. The molecule has 0 aromatic heterocycles. The molecule has 64 valence electrons. The standard InChI is InChI=1S/C10H19N/c1-5-7-9(6-2)10(11)8(3)4/h7-8,11H,5-6H2,1-4H3/b9-7-,11-10?. The molecule has 0 unspecified atom stereocenters. The van der Waals surface area contributed by atoms with Crippen molar-refractivity contribution >= 4 is 5.71 Å². The van der Waals surface area contributed by atoms with Crippen LogP contribution >= 0.6 is 0 Å². The highest BCUT2D eigenvalue weighted by atomic mass is 14.4. The summed E-state index contributed by atoms with van der Waals surface area (Å²) >= 11 is 0. The summed E-state index contributed by atoms with van der Waals surface area (Å²) in [5.74, 6) is 0.368. The quantitative estimate of drug-likeness (QED) is 0.598. The second-order valence-electron chi connectivity index (χ2n) is 3.06. The lowest BCUT2D eigenvalue weighted by molar-refractivity contribution is 0.864. The van der Waals surface area contributed by atoms with Gasteiger partial charge >= 0.3 is 0 Å². The highest BCUT2D eigenvalue weighted by Gasteiger charge is 2.05. The van der Waals surface area contributed by atoms with Gasteiger partial charge in [0.2, 0.25) is 0 Å². The summed E-state index contributed by atoms with van der Waals surface area (Å²) in [5, 5.41) is 7.74. The van der Waals surface area contributed by atoms with E-state index >= 15 is 0 Å². The van der Waals surface area contributed by atoms with Crippen molar-refractivity contribution in [1.29, 1.82) is 5.41 Å². The molecule has 0 radical (unpaired) electrons. The summed E-state index contributed by atoms with van der Waals surface area (Å²) in [6.07, 6.45) is 4.19. The monoisotopic (exact) mass is 153 g/mol. The average molecular weight is 153 g/mol. The molecular weight excluding hydrogens is 134 g/mol. The molecule has 0 fully saturated rings. The number of hydrogen-bond donors (Lipinski definition) is 1. The second-order valence-corrected chi connectivity index (χ2v) is 3.06. The third-order valence-corrected chi connectivity index (χ3v) is 1.75. The van der Waals surface area contributed by atoms with Crippen molar-refractivity contribution in [1.82, 2.24) is 0 Å². The Kier molecular flexibility index (Phi) is 4.84. The Bertz CT molecular complexity index is 154. The van der Waals surface area contributed by atoms with Gasteiger partial charge in [-0.15, -0.1) is 0 Å². The van der Waals surface area contributed by atoms with Crippen molar-refractivity contribution in [2.45, 2.75) is 40.5 Å². The largest absolute Gasteiger partial charge is 0.305 e. The lowest BCUT2D eigenvalue weighted by atomic mass is 9.97. The number of nitrogens with one attached hydrogen (secondary N) is 1.